The third-order valence-electron chi connectivity index (χ3n) is 5.21. The van der Waals surface area contributed by atoms with Crippen LogP contribution in [-0.4, -0.2) is 48.0 Å². The molecule has 6 nitrogen and oxygen atoms in total. The summed E-state index contributed by atoms with van der Waals surface area (Å²) < 4.78 is 10.9. The van der Waals surface area contributed by atoms with Crippen molar-refractivity contribution in [2.75, 3.05) is 26.2 Å². The number of aryl methyl sites for hydroxylation is 1. The number of ether oxygens (including phenoxy) is 1. The minimum atomic E-state index is -0.264. The molecule has 0 aliphatic carbocycles. The number of amides is 2. The van der Waals surface area contributed by atoms with E-state index < -0.39 is 0 Å². The number of cyclic esters (lactones) is 1. The van der Waals surface area contributed by atoms with Crippen LogP contribution in [0.25, 0.3) is 0 Å². The SMILES string of the molecule is CCc1ccc([C@H]2C[C@@H](C)CCN2C(=O)CCCN2CCOC2=O)o1. The molecule has 1 aromatic heterocycles. The topological polar surface area (TPSA) is 63.0 Å². The number of rotatable bonds is 6. The molecule has 3 rings (SSSR count). The summed E-state index contributed by atoms with van der Waals surface area (Å²) in [4.78, 5) is 27.9. The maximum absolute atomic E-state index is 12.8. The maximum atomic E-state index is 12.8. The predicted octanol–water partition coefficient (Wildman–Crippen LogP) is 3.37. The smallest absolute Gasteiger partial charge is 0.409 e. The number of hydrogen-bond acceptors (Lipinski definition) is 4. The Labute approximate surface area is 149 Å². The summed E-state index contributed by atoms with van der Waals surface area (Å²) in [6.07, 6.45) is 3.70. The molecule has 25 heavy (non-hydrogen) atoms. The van der Waals surface area contributed by atoms with E-state index in [0.29, 0.717) is 38.5 Å². The van der Waals surface area contributed by atoms with Gasteiger partial charge in [-0.2, -0.15) is 0 Å². The van der Waals surface area contributed by atoms with Crippen LogP contribution in [0, 0.1) is 5.92 Å². The van der Waals surface area contributed by atoms with Crippen molar-refractivity contribution >= 4 is 12.0 Å². The van der Waals surface area contributed by atoms with E-state index >= 15 is 0 Å². The number of nitrogens with zero attached hydrogens (tertiary/aromatic N) is 2. The van der Waals surface area contributed by atoms with Crippen molar-refractivity contribution in [2.24, 2.45) is 5.92 Å². The Morgan fingerprint density at radius 3 is 2.84 bits per heavy atom. The van der Waals surface area contributed by atoms with Gasteiger partial charge in [0.25, 0.3) is 0 Å². The first kappa shape index (κ1) is 17.8. The van der Waals surface area contributed by atoms with Gasteiger partial charge in [0, 0.05) is 25.9 Å². The van der Waals surface area contributed by atoms with E-state index in [9.17, 15) is 9.59 Å². The largest absolute Gasteiger partial charge is 0.464 e. The van der Waals surface area contributed by atoms with Crippen molar-refractivity contribution < 1.29 is 18.7 Å². The van der Waals surface area contributed by atoms with Crippen LogP contribution >= 0.6 is 0 Å². The zero-order valence-electron chi connectivity index (χ0n) is 15.2. The van der Waals surface area contributed by atoms with Gasteiger partial charge in [-0.1, -0.05) is 13.8 Å². The molecule has 2 fully saturated rings. The Morgan fingerprint density at radius 2 is 2.16 bits per heavy atom. The van der Waals surface area contributed by atoms with Gasteiger partial charge in [-0.3, -0.25) is 4.79 Å². The minimum absolute atomic E-state index is 0.0355. The molecule has 0 radical (unpaired) electrons. The molecule has 0 unspecified atom stereocenters. The molecular formula is C19H28N2O4. The molecule has 2 saturated heterocycles. The maximum Gasteiger partial charge on any atom is 0.409 e. The van der Waals surface area contributed by atoms with Crippen molar-refractivity contribution in [3.63, 3.8) is 0 Å². The lowest BCUT2D eigenvalue weighted by Crippen LogP contribution is -2.40. The molecule has 2 amide bonds. The fourth-order valence-corrected chi connectivity index (χ4v) is 3.67. The summed E-state index contributed by atoms with van der Waals surface area (Å²) in [7, 11) is 0. The van der Waals surface area contributed by atoms with E-state index in [1.807, 2.05) is 17.0 Å². The van der Waals surface area contributed by atoms with Crippen molar-refractivity contribution in [1.82, 2.24) is 9.80 Å². The molecule has 0 N–H and O–H groups in total. The predicted molar refractivity (Wildman–Crippen MR) is 93.1 cm³/mol. The van der Waals surface area contributed by atoms with Gasteiger partial charge < -0.3 is 19.0 Å². The number of carbonyl (C=O) groups is 2. The normalized spacial score (nSPS) is 23.8. The molecule has 0 bridgehead atoms. The first-order valence-corrected chi connectivity index (χ1v) is 9.38. The fraction of sp³-hybridized carbons (Fsp3) is 0.684. The van der Waals surface area contributed by atoms with Gasteiger partial charge in [-0.05, 0) is 37.3 Å². The quantitative estimate of drug-likeness (QED) is 0.791. The Morgan fingerprint density at radius 1 is 1.32 bits per heavy atom. The molecule has 0 saturated carbocycles. The second-order valence-corrected chi connectivity index (χ2v) is 7.10. The Hall–Kier alpha value is -1.98. The molecule has 1 aromatic rings. The lowest BCUT2D eigenvalue weighted by Gasteiger charge is -2.37. The molecule has 6 heteroatoms. The lowest BCUT2D eigenvalue weighted by molar-refractivity contribution is -0.136. The molecule has 2 atom stereocenters. The molecule has 3 heterocycles. The highest BCUT2D eigenvalue weighted by atomic mass is 16.6. The Kier molecular flexibility index (Phi) is 5.66. The number of piperidine rings is 1. The summed E-state index contributed by atoms with van der Waals surface area (Å²) in [5.74, 6) is 2.61. The zero-order chi connectivity index (χ0) is 17.8. The summed E-state index contributed by atoms with van der Waals surface area (Å²) in [6.45, 7) is 6.74. The second kappa shape index (κ2) is 7.93. The van der Waals surface area contributed by atoms with E-state index in [0.717, 1.165) is 37.3 Å². The van der Waals surface area contributed by atoms with Crippen LogP contribution in [-0.2, 0) is 16.0 Å². The number of furan rings is 1. The molecular weight excluding hydrogens is 320 g/mol. The third kappa shape index (κ3) is 4.17. The van der Waals surface area contributed by atoms with Crippen LogP contribution in [0.4, 0.5) is 4.79 Å². The summed E-state index contributed by atoms with van der Waals surface area (Å²) >= 11 is 0. The highest BCUT2D eigenvalue weighted by Gasteiger charge is 2.33. The molecule has 0 aromatic carbocycles. The molecule has 138 valence electrons. The minimum Gasteiger partial charge on any atom is -0.464 e. The van der Waals surface area contributed by atoms with Gasteiger partial charge >= 0.3 is 6.09 Å². The van der Waals surface area contributed by atoms with E-state index in [1.54, 1.807) is 4.90 Å². The van der Waals surface area contributed by atoms with Gasteiger partial charge in [-0.25, -0.2) is 4.79 Å². The monoisotopic (exact) mass is 348 g/mol. The molecule has 0 spiro atoms. The number of likely N-dealkylation sites (tertiary alicyclic amines) is 1. The van der Waals surface area contributed by atoms with E-state index in [2.05, 4.69) is 13.8 Å². The number of carbonyl (C=O) groups excluding carboxylic acids is 2. The highest BCUT2D eigenvalue weighted by Crippen LogP contribution is 2.35. The number of hydrogen-bond donors (Lipinski definition) is 0. The average molecular weight is 348 g/mol. The van der Waals surface area contributed by atoms with Crippen LogP contribution < -0.4 is 0 Å². The Bertz CT molecular complexity index is 612. The van der Waals surface area contributed by atoms with Gasteiger partial charge in [0.15, 0.2) is 0 Å². The summed E-state index contributed by atoms with van der Waals surface area (Å²) in [5, 5.41) is 0. The van der Waals surface area contributed by atoms with Crippen LogP contribution in [0.3, 0.4) is 0 Å². The summed E-state index contributed by atoms with van der Waals surface area (Å²) in [6, 6.07) is 4.06. The van der Waals surface area contributed by atoms with Crippen molar-refractivity contribution in [1.29, 1.82) is 0 Å². The van der Waals surface area contributed by atoms with E-state index in [1.165, 1.54) is 0 Å². The molecule has 2 aliphatic rings. The van der Waals surface area contributed by atoms with E-state index in [4.69, 9.17) is 9.15 Å². The average Bonchev–Trinajstić information content (AvgIpc) is 3.24. The first-order chi connectivity index (χ1) is 12.1. The lowest BCUT2D eigenvalue weighted by atomic mass is 9.90. The van der Waals surface area contributed by atoms with E-state index in [-0.39, 0.29) is 18.0 Å². The van der Waals surface area contributed by atoms with Gasteiger partial charge in [0.1, 0.15) is 18.1 Å². The van der Waals surface area contributed by atoms with Crippen molar-refractivity contribution in [2.45, 2.75) is 52.0 Å². The van der Waals surface area contributed by atoms with Crippen LogP contribution in [0.1, 0.15) is 57.1 Å². The van der Waals surface area contributed by atoms with Crippen molar-refractivity contribution in [3.05, 3.63) is 23.7 Å². The van der Waals surface area contributed by atoms with Crippen LogP contribution in [0.15, 0.2) is 16.5 Å². The van der Waals surface area contributed by atoms with Gasteiger partial charge in [0.05, 0.1) is 12.6 Å². The second-order valence-electron chi connectivity index (χ2n) is 7.10. The Balaban J connectivity index is 1.59. The molecule has 2 aliphatic heterocycles. The summed E-state index contributed by atoms with van der Waals surface area (Å²) in [5.41, 5.74) is 0. The standard InChI is InChI=1S/C19H28N2O4/c1-3-15-6-7-17(25-15)16-13-14(2)8-10-21(16)18(22)5-4-9-20-11-12-24-19(20)23/h6-7,14,16H,3-5,8-13H2,1-2H3/t14-,16+/m0/s1. The highest BCUT2D eigenvalue weighted by molar-refractivity contribution is 5.77. The third-order valence-corrected chi connectivity index (χ3v) is 5.21. The van der Waals surface area contributed by atoms with Crippen LogP contribution in [0.2, 0.25) is 0 Å². The van der Waals surface area contributed by atoms with Gasteiger partial charge in [0.2, 0.25) is 5.91 Å². The fourth-order valence-electron chi connectivity index (χ4n) is 3.67. The van der Waals surface area contributed by atoms with Gasteiger partial charge in [-0.15, -0.1) is 0 Å². The zero-order valence-corrected chi connectivity index (χ0v) is 15.2. The van der Waals surface area contributed by atoms with Crippen molar-refractivity contribution in [3.8, 4) is 0 Å². The first-order valence-electron chi connectivity index (χ1n) is 9.38. The van der Waals surface area contributed by atoms with Crippen LogP contribution in [0.5, 0.6) is 0 Å².